The van der Waals surface area contributed by atoms with Crippen molar-refractivity contribution in [3.63, 3.8) is 0 Å². The number of likely N-dealkylation sites (N-methyl/N-ethyl adjacent to an activating group) is 1. The molecule has 7 aromatic carbocycles. The minimum Gasteiger partial charge on any atom is -0.355 e. The summed E-state index contributed by atoms with van der Waals surface area (Å²) < 4.78 is 2.47. The van der Waals surface area contributed by atoms with E-state index in [9.17, 15) is 0 Å². The molecule has 9 aromatic rings. The summed E-state index contributed by atoms with van der Waals surface area (Å²) in [6.07, 6.45) is 7.40. The summed E-state index contributed by atoms with van der Waals surface area (Å²) >= 11 is 0. The summed E-state index contributed by atoms with van der Waals surface area (Å²) in [6.45, 7) is 9.81. The largest absolute Gasteiger partial charge is 0.355 e. The summed E-state index contributed by atoms with van der Waals surface area (Å²) in [6, 6.07) is 50.8. The summed E-state index contributed by atoms with van der Waals surface area (Å²) in [5, 5.41) is 13.0. The Morgan fingerprint density at radius 1 is 0.620 bits per heavy atom. The molecule has 9 rings (SSSR count). The number of nitrogens with one attached hydrogen (secondary N) is 2. The van der Waals surface area contributed by atoms with Gasteiger partial charge in [-0.05, 0) is 72.3 Å². The first-order valence-corrected chi connectivity index (χ1v) is 17.1. The van der Waals surface area contributed by atoms with Crippen LogP contribution in [0.15, 0.2) is 177 Å². The van der Waals surface area contributed by atoms with E-state index in [0.717, 1.165) is 6.54 Å². The predicted molar refractivity (Wildman–Crippen MR) is 220 cm³/mol. The zero-order valence-electron chi connectivity index (χ0n) is 28.7. The quantitative estimate of drug-likeness (QED) is 0.141. The number of H-pyrrole nitrogens is 1. The maximum atomic E-state index is 3.58. The second-order valence-electron chi connectivity index (χ2n) is 12.3. The van der Waals surface area contributed by atoms with E-state index in [-0.39, 0.29) is 0 Å². The molecule has 3 nitrogen and oxygen atoms in total. The van der Waals surface area contributed by atoms with Crippen molar-refractivity contribution in [2.24, 2.45) is 0 Å². The highest BCUT2D eigenvalue weighted by Crippen LogP contribution is 2.43. The fourth-order valence-electron chi connectivity index (χ4n) is 7.01. The molecule has 3 heteroatoms. The van der Waals surface area contributed by atoms with Crippen LogP contribution in [0.25, 0.3) is 82.0 Å². The average molecular weight is 648 g/mol. The topological polar surface area (TPSA) is 32.8 Å². The fraction of sp³-hybridized carbons (Fsp3) is 0.0638. The van der Waals surface area contributed by atoms with Crippen molar-refractivity contribution in [2.45, 2.75) is 6.92 Å². The Morgan fingerprint density at radius 3 is 2.00 bits per heavy atom. The van der Waals surface area contributed by atoms with Crippen molar-refractivity contribution < 1.29 is 0 Å². The number of allylic oxidation sites excluding steroid dienone is 3. The molecule has 0 atom stereocenters. The molecule has 0 saturated carbocycles. The first-order chi connectivity index (χ1) is 24.7. The summed E-state index contributed by atoms with van der Waals surface area (Å²) in [4.78, 5) is 3.58. The third-order valence-electron chi connectivity index (χ3n) is 9.18. The van der Waals surface area contributed by atoms with Crippen LogP contribution in [0.4, 0.5) is 0 Å². The molecule has 244 valence electrons. The summed E-state index contributed by atoms with van der Waals surface area (Å²) in [5.74, 6) is 0. The van der Waals surface area contributed by atoms with Gasteiger partial charge in [0.15, 0.2) is 0 Å². The lowest BCUT2D eigenvalue weighted by Crippen LogP contribution is -2.02. The molecule has 0 amide bonds. The van der Waals surface area contributed by atoms with Crippen LogP contribution in [0.2, 0.25) is 0 Å². The molecular formula is C47H41N3. The van der Waals surface area contributed by atoms with Gasteiger partial charge >= 0.3 is 0 Å². The number of hydrogen-bond donors (Lipinski definition) is 2. The van der Waals surface area contributed by atoms with Crippen LogP contribution in [0.1, 0.15) is 6.92 Å². The lowest BCUT2D eigenvalue weighted by atomic mass is 9.94. The molecule has 2 heterocycles. The number of aromatic amines is 1. The molecule has 0 radical (unpaired) electrons. The van der Waals surface area contributed by atoms with Gasteiger partial charge in [-0.2, -0.15) is 0 Å². The molecule has 0 aliphatic heterocycles. The van der Waals surface area contributed by atoms with Gasteiger partial charge in [0.05, 0.1) is 16.7 Å². The molecule has 0 aliphatic rings. The van der Waals surface area contributed by atoms with Crippen LogP contribution >= 0.6 is 0 Å². The predicted octanol–water partition coefficient (Wildman–Crippen LogP) is 12.5. The van der Waals surface area contributed by atoms with Gasteiger partial charge in [-0.3, -0.25) is 0 Å². The molecule has 0 fully saturated rings. The Bertz CT molecular complexity index is 2660. The van der Waals surface area contributed by atoms with Gasteiger partial charge in [0.25, 0.3) is 0 Å². The van der Waals surface area contributed by atoms with Crippen LogP contribution in [-0.4, -0.2) is 23.1 Å². The van der Waals surface area contributed by atoms with Gasteiger partial charge < -0.3 is 14.9 Å². The van der Waals surface area contributed by atoms with Crippen LogP contribution in [0.5, 0.6) is 0 Å². The Hall–Kier alpha value is -6.16. The highest BCUT2D eigenvalue weighted by atomic mass is 15.0. The zero-order valence-corrected chi connectivity index (χ0v) is 28.7. The summed E-state index contributed by atoms with van der Waals surface area (Å²) in [7, 11) is 1.89. The monoisotopic (exact) mass is 647 g/mol. The third kappa shape index (κ3) is 5.89. The standard InChI is InChI=1S/C38H24N2.C5H8.C4H9N/c1-2-12-26-24(10-1)11-9-19-36(26)40-37-18-8-6-15-29(37)33-23-31(27-13-3-4-16-30(27)38(33)40)25-20-21-35-32(22-25)28-14-5-7-17-34(28)39-35;1-3-5-4-2;1-3-4-5-2/h1-23,39H;3-5H,1H2,2H3;3,5H,1,4H2,2H3/b;5-4-;. The van der Waals surface area contributed by atoms with Crippen molar-refractivity contribution in [1.82, 2.24) is 14.9 Å². The number of para-hydroxylation sites is 2. The highest BCUT2D eigenvalue weighted by molar-refractivity contribution is 6.23. The Kier molecular flexibility index (Phi) is 9.41. The van der Waals surface area contributed by atoms with Crippen LogP contribution < -0.4 is 5.32 Å². The van der Waals surface area contributed by atoms with Gasteiger partial charge in [-0.15, -0.1) is 6.58 Å². The van der Waals surface area contributed by atoms with Crippen LogP contribution in [0, 0.1) is 0 Å². The van der Waals surface area contributed by atoms with E-state index in [1.807, 2.05) is 32.2 Å². The van der Waals surface area contributed by atoms with Crippen molar-refractivity contribution >= 4 is 65.2 Å². The first-order valence-electron chi connectivity index (χ1n) is 17.1. The number of benzene rings is 7. The second kappa shape index (κ2) is 14.5. The molecule has 0 unspecified atom stereocenters. The van der Waals surface area contributed by atoms with E-state index in [4.69, 9.17) is 0 Å². The fourth-order valence-corrected chi connectivity index (χ4v) is 7.01. The number of hydrogen-bond acceptors (Lipinski definition) is 1. The third-order valence-corrected chi connectivity index (χ3v) is 9.18. The van der Waals surface area contributed by atoms with Crippen molar-refractivity contribution in [3.05, 3.63) is 177 Å². The minimum atomic E-state index is 0.903. The number of nitrogens with zero attached hydrogens (tertiary/aromatic N) is 1. The molecule has 0 saturated heterocycles. The zero-order chi connectivity index (χ0) is 34.5. The molecule has 2 N–H and O–H groups in total. The molecule has 2 aromatic heterocycles. The smallest absolute Gasteiger partial charge is 0.0620 e. The highest BCUT2D eigenvalue weighted by Gasteiger charge is 2.19. The van der Waals surface area contributed by atoms with Crippen molar-refractivity contribution in [1.29, 1.82) is 0 Å². The SMILES string of the molecule is C=C/C=C\C.C=CCNC.c1ccc2c(-n3c4ccccc4c4cc(-c5ccc6[nH]c7ccccc7c6c5)c5ccccc5c43)cccc2c1. The molecule has 0 spiro atoms. The van der Waals surface area contributed by atoms with E-state index >= 15 is 0 Å². The molecule has 0 aliphatic carbocycles. The van der Waals surface area contributed by atoms with E-state index in [1.165, 1.54) is 82.0 Å². The normalized spacial score (nSPS) is 11.2. The van der Waals surface area contributed by atoms with Crippen molar-refractivity contribution in [3.8, 4) is 16.8 Å². The van der Waals surface area contributed by atoms with E-state index in [0.29, 0.717) is 0 Å². The average Bonchev–Trinajstić information content (AvgIpc) is 3.71. The van der Waals surface area contributed by atoms with Gasteiger partial charge in [-0.1, -0.05) is 134 Å². The van der Waals surface area contributed by atoms with E-state index < -0.39 is 0 Å². The number of aromatic nitrogens is 2. The Labute approximate surface area is 293 Å². The van der Waals surface area contributed by atoms with Gasteiger partial charge in [0.1, 0.15) is 0 Å². The van der Waals surface area contributed by atoms with Crippen molar-refractivity contribution in [2.75, 3.05) is 13.6 Å². The van der Waals surface area contributed by atoms with Gasteiger partial charge in [0.2, 0.25) is 0 Å². The first kappa shape index (κ1) is 32.4. The lowest BCUT2D eigenvalue weighted by Gasteiger charge is -2.14. The minimum absolute atomic E-state index is 0.903. The van der Waals surface area contributed by atoms with Gasteiger partial charge in [-0.25, -0.2) is 0 Å². The van der Waals surface area contributed by atoms with E-state index in [1.54, 1.807) is 6.08 Å². The maximum absolute atomic E-state index is 3.58. The molecule has 50 heavy (non-hydrogen) atoms. The maximum Gasteiger partial charge on any atom is 0.0620 e. The van der Waals surface area contributed by atoms with Gasteiger partial charge in [0, 0.05) is 49.9 Å². The van der Waals surface area contributed by atoms with Crippen LogP contribution in [-0.2, 0) is 0 Å². The summed E-state index contributed by atoms with van der Waals surface area (Å²) in [5.41, 5.74) is 8.53. The number of fused-ring (bicyclic) bond motifs is 9. The molecule has 0 bridgehead atoms. The Morgan fingerprint density at radius 2 is 1.28 bits per heavy atom. The van der Waals surface area contributed by atoms with Crippen LogP contribution in [0.3, 0.4) is 0 Å². The number of rotatable bonds is 5. The molecular weight excluding hydrogens is 607 g/mol. The Balaban J connectivity index is 0.000000348. The van der Waals surface area contributed by atoms with E-state index in [2.05, 4.69) is 168 Å². The lowest BCUT2D eigenvalue weighted by molar-refractivity contribution is 0.921. The second-order valence-corrected chi connectivity index (χ2v) is 12.3.